The number of hydrogen-bond donors (Lipinski definition) is 0. The molecule has 1 aromatic carbocycles. The Balaban J connectivity index is 2.10. The predicted molar refractivity (Wildman–Crippen MR) is 66.0 cm³/mol. The molecule has 1 heterocycles. The lowest BCUT2D eigenvalue weighted by Crippen LogP contribution is -2.22. The smallest absolute Gasteiger partial charge is 0.188 e. The van der Waals surface area contributed by atoms with Gasteiger partial charge in [-0.2, -0.15) is 0 Å². The van der Waals surface area contributed by atoms with Gasteiger partial charge in [0.05, 0.1) is 6.10 Å². The largest absolute Gasteiger partial charge is 0.356 e. The van der Waals surface area contributed by atoms with Crippen molar-refractivity contribution in [2.75, 3.05) is 0 Å². The van der Waals surface area contributed by atoms with Gasteiger partial charge in [-0.1, -0.05) is 37.6 Å². The molecule has 3 rings (SSSR count). The SMILES string of the molecule is CCC[C@H]1O[C@@]12C=C(C)C(=O)c1ccccc12. The Bertz CT molecular complexity index is 515. The molecule has 1 aliphatic heterocycles. The highest BCUT2D eigenvalue weighted by atomic mass is 16.6. The molecule has 2 nitrogen and oxygen atoms in total. The van der Waals surface area contributed by atoms with E-state index in [4.69, 9.17) is 4.74 Å². The number of allylic oxidation sites excluding steroid dienone is 1. The lowest BCUT2D eigenvalue weighted by atomic mass is 9.81. The molecule has 0 amide bonds. The standard InChI is InChI=1S/C15H16O2/c1-3-6-13-15(17-13)9-10(2)14(16)11-7-4-5-8-12(11)15/h4-5,7-9,13H,3,6H2,1-2H3/t13-,15-/m1/s1. The number of rotatable bonds is 2. The number of Topliss-reactive ketones (excluding diaryl/α,β-unsaturated/α-hetero) is 1. The van der Waals surface area contributed by atoms with Crippen LogP contribution in [0.4, 0.5) is 0 Å². The minimum atomic E-state index is -0.301. The van der Waals surface area contributed by atoms with Gasteiger partial charge < -0.3 is 4.74 Å². The van der Waals surface area contributed by atoms with Crippen LogP contribution in [0.3, 0.4) is 0 Å². The van der Waals surface area contributed by atoms with Crippen LogP contribution in [-0.4, -0.2) is 11.9 Å². The van der Waals surface area contributed by atoms with Crippen molar-refractivity contribution in [2.24, 2.45) is 0 Å². The first kappa shape index (κ1) is 10.7. The molecule has 17 heavy (non-hydrogen) atoms. The normalized spacial score (nSPS) is 30.1. The van der Waals surface area contributed by atoms with E-state index in [9.17, 15) is 4.79 Å². The second kappa shape index (κ2) is 3.54. The summed E-state index contributed by atoms with van der Waals surface area (Å²) in [5.74, 6) is 0.136. The van der Waals surface area contributed by atoms with E-state index in [1.54, 1.807) is 0 Å². The molecular weight excluding hydrogens is 212 g/mol. The van der Waals surface area contributed by atoms with Crippen LogP contribution in [0.15, 0.2) is 35.9 Å². The molecule has 1 aliphatic carbocycles. The van der Waals surface area contributed by atoms with Crippen LogP contribution in [0.25, 0.3) is 0 Å². The lowest BCUT2D eigenvalue weighted by Gasteiger charge is -2.20. The molecule has 0 bridgehead atoms. The Morgan fingerprint density at radius 2 is 2.12 bits per heavy atom. The minimum absolute atomic E-state index is 0.136. The van der Waals surface area contributed by atoms with Crippen molar-refractivity contribution in [1.82, 2.24) is 0 Å². The van der Waals surface area contributed by atoms with Crippen molar-refractivity contribution in [3.63, 3.8) is 0 Å². The third-order valence-corrected chi connectivity index (χ3v) is 3.69. The second-order valence-electron chi connectivity index (χ2n) is 4.89. The van der Waals surface area contributed by atoms with Crippen LogP contribution in [0.5, 0.6) is 0 Å². The Hall–Kier alpha value is -1.41. The fourth-order valence-electron chi connectivity index (χ4n) is 2.80. The van der Waals surface area contributed by atoms with Crippen molar-refractivity contribution in [1.29, 1.82) is 0 Å². The summed E-state index contributed by atoms with van der Waals surface area (Å²) >= 11 is 0. The zero-order valence-electron chi connectivity index (χ0n) is 10.2. The quantitative estimate of drug-likeness (QED) is 0.727. The van der Waals surface area contributed by atoms with Gasteiger partial charge in [0.25, 0.3) is 0 Å². The summed E-state index contributed by atoms with van der Waals surface area (Å²) < 4.78 is 5.90. The van der Waals surface area contributed by atoms with Gasteiger partial charge in [-0.3, -0.25) is 4.79 Å². The van der Waals surface area contributed by atoms with E-state index >= 15 is 0 Å². The van der Waals surface area contributed by atoms with Gasteiger partial charge in [0, 0.05) is 11.1 Å². The van der Waals surface area contributed by atoms with Gasteiger partial charge >= 0.3 is 0 Å². The Kier molecular flexibility index (Phi) is 2.23. The molecule has 0 saturated carbocycles. The average molecular weight is 228 g/mol. The molecular formula is C15H16O2. The zero-order valence-corrected chi connectivity index (χ0v) is 10.2. The molecule has 1 spiro atoms. The summed E-state index contributed by atoms with van der Waals surface area (Å²) in [5.41, 5.74) is 2.37. The van der Waals surface area contributed by atoms with Crippen molar-refractivity contribution in [3.05, 3.63) is 47.0 Å². The van der Waals surface area contributed by atoms with Gasteiger partial charge in [-0.25, -0.2) is 0 Å². The summed E-state index contributed by atoms with van der Waals surface area (Å²) in [7, 11) is 0. The number of carbonyl (C=O) groups is 1. The first-order chi connectivity index (χ1) is 8.19. The van der Waals surface area contributed by atoms with Crippen molar-refractivity contribution in [2.45, 2.75) is 38.4 Å². The monoisotopic (exact) mass is 228 g/mol. The third kappa shape index (κ3) is 1.40. The van der Waals surface area contributed by atoms with E-state index in [-0.39, 0.29) is 17.5 Å². The van der Waals surface area contributed by atoms with E-state index in [0.717, 1.165) is 29.5 Å². The highest BCUT2D eigenvalue weighted by Crippen LogP contribution is 2.53. The highest BCUT2D eigenvalue weighted by molar-refractivity contribution is 6.11. The molecule has 0 N–H and O–H groups in total. The maximum absolute atomic E-state index is 12.1. The maximum Gasteiger partial charge on any atom is 0.188 e. The molecule has 2 atom stereocenters. The summed E-state index contributed by atoms with van der Waals surface area (Å²) in [6, 6.07) is 7.82. The first-order valence-electron chi connectivity index (χ1n) is 6.20. The van der Waals surface area contributed by atoms with Crippen LogP contribution < -0.4 is 0 Å². The molecule has 0 unspecified atom stereocenters. The van der Waals surface area contributed by atoms with Gasteiger partial charge in [0.2, 0.25) is 0 Å². The van der Waals surface area contributed by atoms with Crippen LogP contribution in [0.1, 0.15) is 42.6 Å². The average Bonchev–Trinajstić information content (AvgIpc) is 3.01. The number of carbonyl (C=O) groups excluding carboxylic acids is 1. The summed E-state index contributed by atoms with van der Waals surface area (Å²) in [6.07, 6.45) is 4.41. The van der Waals surface area contributed by atoms with Crippen molar-refractivity contribution >= 4 is 5.78 Å². The third-order valence-electron chi connectivity index (χ3n) is 3.69. The molecule has 2 heteroatoms. The number of benzene rings is 1. The predicted octanol–water partition coefficient (Wildman–Crippen LogP) is 3.22. The van der Waals surface area contributed by atoms with Crippen LogP contribution >= 0.6 is 0 Å². The topological polar surface area (TPSA) is 29.6 Å². The van der Waals surface area contributed by atoms with Crippen LogP contribution in [0.2, 0.25) is 0 Å². The Morgan fingerprint density at radius 1 is 1.35 bits per heavy atom. The van der Waals surface area contributed by atoms with E-state index in [2.05, 4.69) is 6.92 Å². The van der Waals surface area contributed by atoms with Crippen molar-refractivity contribution in [3.8, 4) is 0 Å². The number of hydrogen-bond acceptors (Lipinski definition) is 2. The van der Waals surface area contributed by atoms with Crippen LogP contribution in [0, 0.1) is 0 Å². The van der Waals surface area contributed by atoms with Crippen LogP contribution in [-0.2, 0) is 10.3 Å². The second-order valence-corrected chi connectivity index (χ2v) is 4.89. The molecule has 88 valence electrons. The number of ketones is 1. The molecule has 2 aliphatic rings. The molecule has 1 saturated heterocycles. The summed E-state index contributed by atoms with van der Waals surface area (Å²) in [5, 5.41) is 0. The van der Waals surface area contributed by atoms with Crippen molar-refractivity contribution < 1.29 is 9.53 Å². The molecule has 0 radical (unpaired) electrons. The summed E-state index contributed by atoms with van der Waals surface area (Å²) in [6.45, 7) is 4.04. The lowest BCUT2D eigenvalue weighted by molar-refractivity contribution is 0.102. The van der Waals surface area contributed by atoms with E-state index < -0.39 is 0 Å². The first-order valence-corrected chi connectivity index (χ1v) is 6.20. The maximum atomic E-state index is 12.1. The number of epoxide rings is 1. The van der Waals surface area contributed by atoms with E-state index in [0.29, 0.717) is 0 Å². The molecule has 0 aromatic heterocycles. The highest BCUT2D eigenvalue weighted by Gasteiger charge is 2.58. The number of fused-ring (bicyclic) bond motifs is 2. The van der Waals surface area contributed by atoms with E-state index in [1.165, 1.54) is 0 Å². The number of ether oxygens (including phenoxy) is 1. The van der Waals surface area contributed by atoms with Gasteiger partial charge in [-0.15, -0.1) is 0 Å². The Labute approximate surface area is 101 Å². The zero-order chi connectivity index (χ0) is 12.0. The minimum Gasteiger partial charge on any atom is -0.356 e. The van der Waals surface area contributed by atoms with Gasteiger partial charge in [0.1, 0.15) is 5.60 Å². The fourth-order valence-corrected chi connectivity index (χ4v) is 2.80. The fraction of sp³-hybridized carbons (Fsp3) is 0.400. The summed E-state index contributed by atoms with van der Waals surface area (Å²) in [4.78, 5) is 12.1. The molecule has 1 aromatic rings. The van der Waals surface area contributed by atoms with E-state index in [1.807, 2.05) is 37.3 Å². The Morgan fingerprint density at radius 3 is 2.88 bits per heavy atom. The van der Waals surface area contributed by atoms with Gasteiger partial charge in [0.15, 0.2) is 5.78 Å². The molecule has 1 fully saturated rings. The van der Waals surface area contributed by atoms with Gasteiger partial charge in [-0.05, 0) is 25.0 Å².